The van der Waals surface area contributed by atoms with Crippen LogP contribution in [0.25, 0.3) is 0 Å². The summed E-state index contributed by atoms with van der Waals surface area (Å²) in [7, 11) is 0. The number of hydrogen-bond donors (Lipinski definition) is 4. The first-order valence-corrected chi connectivity index (χ1v) is 6.74. The Morgan fingerprint density at radius 3 is 1.65 bits per heavy atom. The fraction of sp³-hybridized carbons (Fsp3) is 0.333. The SMILES string of the molecule is NC(=S)NCn1c(=S)sc(=S)n1CNC(N)=S. The van der Waals surface area contributed by atoms with Crippen molar-refractivity contribution in [3.8, 4) is 0 Å². The molecule has 0 aliphatic carbocycles. The van der Waals surface area contributed by atoms with E-state index in [4.69, 9.17) is 60.3 Å². The maximum absolute atomic E-state index is 5.35. The van der Waals surface area contributed by atoms with Crippen LogP contribution >= 0.6 is 60.2 Å². The lowest BCUT2D eigenvalue weighted by molar-refractivity contribution is 0.427. The van der Waals surface area contributed by atoms with Gasteiger partial charge in [0, 0.05) is 0 Å². The molecule has 11 heteroatoms. The number of nitrogens with zero attached hydrogens (tertiary/aromatic N) is 2. The van der Waals surface area contributed by atoms with Crippen LogP contribution in [-0.2, 0) is 13.3 Å². The van der Waals surface area contributed by atoms with Crippen LogP contribution in [0.1, 0.15) is 0 Å². The molecule has 1 aromatic rings. The molecule has 0 bridgehead atoms. The second kappa shape index (κ2) is 6.35. The Labute approximate surface area is 123 Å². The Kier molecular flexibility index (Phi) is 5.39. The Balaban J connectivity index is 2.94. The average Bonchev–Trinajstić information content (AvgIpc) is 2.47. The molecule has 0 radical (unpaired) electrons. The summed E-state index contributed by atoms with van der Waals surface area (Å²) in [5.41, 5.74) is 10.7. The van der Waals surface area contributed by atoms with Crippen LogP contribution in [0.5, 0.6) is 0 Å². The van der Waals surface area contributed by atoms with Gasteiger partial charge in [-0.05, 0) is 48.9 Å². The van der Waals surface area contributed by atoms with E-state index in [0.29, 0.717) is 21.2 Å². The zero-order chi connectivity index (χ0) is 13.0. The highest BCUT2D eigenvalue weighted by molar-refractivity contribution is 7.80. The molecule has 0 aromatic carbocycles. The molecule has 1 rings (SSSR count). The molecule has 0 spiro atoms. The highest BCUT2D eigenvalue weighted by Crippen LogP contribution is 2.07. The van der Waals surface area contributed by atoms with Crippen molar-refractivity contribution in [2.75, 3.05) is 0 Å². The smallest absolute Gasteiger partial charge is 0.180 e. The Bertz CT molecular complexity index is 491. The summed E-state index contributed by atoms with van der Waals surface area (Å²) in [5.74, 6) is 0. The first-order valence-electron chi connectivity index (χ1n) is 4.29. The average molecular weight is 327 g/mol. The lowest BCUT2D eigenvalue weighted by Gasteiger charge is -2.13. The molecule has 0 aliphatic heterocycles. The first-order chi connectivity index (χ1) is 7.91. The maximum atomic E-state index is 5.35. The van der Waals surface area contributed by atoms with Crippen molar-refractivity contribution in [2.24, 2.45) is 11.5 Å². The number of thiocarbonyl (C=S) groups is 2. The van der Waals surface area contributed by atoms with Gasteiger partial charge < -0.3 is 22.1 Å². The van der Waals surface area contributed by atoms with E-state index in [-0.39, 0.29) is 10.2 Å². The molecule has 0 unspecified atom stereocenters. The van der Waals surface area contributed by atoms with Gasteiger partial charge in [0.25, 0.3) is 0 Å². The van der Waals surface area contributed by atoms with Crippen LogP contribution in [-0.4, -0.2) is 19.6 Å². The van der Waals surface area contributed by atoms with E-state index in [1.807, 2.05) is 0 Å². The van der Waals surface area contributed by atoms with Crippen LogP contribution in [0.2, 0.25) is 0 Å². The van der Waals surface area contributed by atoms with Crippen molar-refractivity contribution in [1.82, 2.24) is 20.0 Å². The molecular weight excluding hydrogens is 316 g/mol. The second-order valence-corrected chi connectivity index (χ2v) is 5.98. The number of nitrogens with two attached hydrogens (primary N) is 2. The summed E-state index contributed by atoms with van der Waals surface area (Å²) in [6, 6.07) is 0. The van der Waals surface area contributed by atoms with Crippen molar-refractivity contribution in [1.29, 1.82) is 0 Å². The van der Waals surface area contributed by atoms with Crippen molar-refractivity contribution < 1.29 is 0 Å². The van der Waals surface area contributed by atoms with E-state index in [9.17, 15) is 0 Å². The van der Waals surface area contributed by atoms with Crippen molar-refractivity contribution >= 4 is 70.4 Å². The fourth-order valence-electron chi connectivity index (χ4n) is 0.983. The van der Waals surface area contributed by atoms with Crippen molar-refractivity contribution in [2.45, 2.75) is 13.3 Å². The van der Waals surface area contributed by atoms with Gasteiger partial charge >= 0.3 is 0 Å². The Morgan fingerprint density at radius 1 is 1.00 bits per heavy atom. The summed E-state index contributed by atoms with van der Waals surface area (Å²) < 4.78 is 4.69. The predicted molar refractivity (Wildman–Crippen MR) is 81.8 cm³/mol. The van der Waals surface area contributed by atoms with Crippen LogP contribution in [0.3, 0.4) is 0 Å². The molecule has 0 saturated heterocycles. The number of rotatable bonds is 4. The standard InChI is InChI=1S/C6H10N6S5/c7-3(13)9-1-11-5(15)17-6(16)12(11)2-10-4(8)14/h1-2H2,(H3,7,9,13)(H3,8,10,14). The molecule has 0 aliphatic rings. The predicted octanol–water partition coefficient (Wildman–Crippen LogP) is 0.391. The Morgan fingerprint density at radius 2 is 1.35 bits per heavy atom. The molecular formula is C6H10N6S5. The van der Waals surface area contributed by atoms with Gasteiger partial charge in [-0.3, -0.25) is 0 Å². The van der Waals surface area contributed by atoms with Crippen LogP contribution in [0, 0.1) is 7.91 Å². The molecule has 0 atom stereocenters. The quantitative estimate of drug-likeness (QED) is 0.591. The molecule has 1 heterocycles. The normalized spacial score (nSPS) is 9.88. The van der Waals surface area contributed by atoms with Gasteiger partial charge in [-0.1, -0.05) is 11.3 Å². The number of hydrogen-bond acceptors (Lipinski definition) is 5. The van der Waals surface area contributed by atoms with Crippen LogP contribution in [0.4, 0.5) is 0 Å². The molecule has 0 saturated carbocycles. The van der Waals surface area contributed by atoms with Gasteiger partial charge in [0.1, 0.15) is 13.3 Å². The first kappa shape index (κ1) is 14.4. The lowest BCUT2D eigenvalue weighted by Crippen LogP contribution is -2.36. The zero-order valence-electron chi connectivity index (χ0n) is 8.50. The fourth-order valence-corrected chi connectivity index (χ4v) is 2.76. The molecule has 6 nitrogen and oxygen atoms in total. The lowest BCUT2D eigenvalue weighted by atomic mass is 10.9. The van der Waals surface area contributed by atoms with Crippen LogP contribution < -0.4 is 22.1 Å². The van der Waals surface area contributed by atoms with Gasteiger partial charge in [0.2, 0.25) is 0 Å². The summed E-state index contributed by atoms with van der Waals surface area (Å²) in [6.45, 7) is 0.695. The zero-order valence-corrected chi connectivity index (χ0v) is 12.6. The second-order valence-electron chi connectivity index (χ2n) is 2.83. The minimum Gasteiger partial charge on any atom is -0.376 e. The van der Waals surface area contributed by atoms with Gasteiger partial charge in [-0.15, -0.1) is 0 Å². The monoisotopic (exact) mass is 326 g/mol. The van der Waals surface area contributed by atoms with Gasteiger partial charge in [0.05, 0.1) is 0 Å². The van der Waals surface area contributed by atoms with E-state index < -0.39 is 0 Å². The van der Waals surface area contributed by atoms with E-state index >= 15 is 0 Å². The minimum absolute atomic E-state index is 0.192. The van der Waals surface area contributed by atoms with E-state index in [1.54, 1.807) is 9.36 Å². The molecule has 6 N–H and O–H groups in total. The molecule has 0 fully saturated rings. The van der Waals surface area contributed by atoms with Crippen molar-refractivity contribution in [3.05, 3.63) is 7.91 Å². The van der Waals surface area contributed by atoms with Gasteiger partial charge in [-0.25, -0.2) is 9.36 Å². The summed E-state index contributed by atoms with van der Waals surface area (Å²) in [4.78, 5) is 0. The van der Waals surface area contributed by atoms with Gasteiger partial charge in [0.15, 0.2) is 18.1 Å². The number of nitrogens with one attached hydrogen (secondary N) is 2. The maximum Gasteiger partial charge on any atom is 0.180 e. The minimum atomic E-state index is 0.192. The van der Waals surface area contributed by atoms with E-state index in [1.165, 1.54) is 11.3 Å². The topological polar surface area (TPSA) is 86.0 Å². The highest BCUT2D eigenvalue weighted by Gasteiger charge is 2.04. The molecule has 94 valence electrons. The third-order valence-corrected chi connectivity index (χ3v) is 3.67. The van der Waals surface area contributed by atoms with Gasteiger partial charge in [-0.2, -0.15) is 0 Å². The van der Waals surface area contributed by atoms with E-state index in [0.717, 1.165) is 0 Å². The van der Waals surface area contributed by atoms with Crippen molar-refractivity contribution in [3.63, 3.8) is 0 Å². The summed E-state index contributed by atoms with van der Waals surface area (Å²) in [5, 5.41) is 5.98. The largest absolute Gasteiger partial charge is 0.376 e. The Hall–Kier alpha value is -0.620. The third-order valence-electron chi connectivity index (χ3n) is 1.69. The third kappa shape index (κ3) is 4.27. The molecule has 0 amide bonds. The van der Waals surface area contributed by atoms with Crippen LogP contribution in [0.15, 0.2) is 0 Å². The molecule has 1 aromatic heterocycles. The summed E-state index contributed by atoms with van der Waals surface area (Å²) in [6.07, 6.45) is 0. The molecule has 17 heavy (non-hydrogen) atoms. The summed E-state index contributed by atoms with van der Waals surface area (Å²) >= 11 is 21.1. The highest BCUT2D eigenvalue weighted by atomic mass is 32.2. The number of aromatic nitrogens is 2. The van der Waals surface area contributed by atoms with E-state index in [2.05, 4.69) is 10.6 Å².